The van der Waals surface area contributed by atoms with Gasteiger partial charge in [-0.15, -0.1) is 0 Å². The zero-order valence-corrected chi connectivity index (χ0v) is 5.17. The Kier molecular flexibility index (Phi) is 0.946. The molecule has 0 atom stereocenters. The fraction of sp³-hybridized carbons (Fsp3) is 0.500. The summed E-state index contributed by atoms with van der Waals surface area (Å²) in [6.45, 7) is 2.18. The third kappa shape index (κ3) is 0.686. The van der Waals surface area contributed by atoms with Crippen molar-refractivity contribution >= 4 is 5.96 Å². The largest absolute Gasteiger partial charge is 0.391 e. The Labute approximate surface area is 54.1 Å². The summed E-state index contributed by atoms with van der Waals surface area (Å²) in [5.74, 6) is 1.02. The fourth-order valence-electron chi connectivity index (χ4n) is 1.11. The Morgan fingerprint density at radius 2 is 2.67 bits per heavy atom. The van der Waals surface area contributed by atoms with Crippen molar-refractivity contribution in [2.24, 2.45) is 0 Å². The first-order chi connectivity index (χ1) is 4.47. The van der Waals surface area contributed by atoms with Gasteiger partial charge in [-0.1, -0.05) is 5.32 Å². The minimum Gasteiger partial charge on any atom is -0.274 e. The van der Waals surface area contributed by atoms with E-state index in [1.54, 1.807) is 0 Å². The monoisotopic (exact) mass is 123 g/mol. The van der Waals surface area contributed by atoms with Gasteiger partial charge in [0.05, 0.1) is 13.1 Å². The summed E-state index contributed by atoms with van der Waals surface area (Å²) in [6, 6.07) is 0. The maximum atomic E-state index is 4.11. The Hall–Kier alpha value is -0.990. The summed E-state index contributed by atoms with van der Waals surface area (Å²) in [7, 11) is 0. The van der Waals surface area contributed by atoms with Crippen LogP contribution < -0.4 is 10.6 Å². The number of hydrogen-bond acceptors (Lipinski definition) is 1. The molecule has 3 heteroatoms. The molecule has 0 aromatic heterocycles. The molecule has 0 aromatic rings. The van der Waals surface area contributed by atoms with E-state index in [4.69, 9.17) is 0 Å². The van der Waals surface area contributed by atoms with Crippen LogP contribution in [0.3, 0.4) is 0 Å². The average molecular weight is 123 g/mol. The first-order valence-corrected chi connectivity index (χ1v) is 3.22. The third-order valence-electron chi connectivity index (χ3n) is 1.57. The molecule has 9 heavy (non-hydrogen) atoms. The molecule has 1 N–H and O–H groups in total. The Morgan fingerprint density at radius 3 is 3.56 bits per heavy atom. The average Bonchev–Trinajstić information content (AvgIpc) is 2.33. The molecule has 0 aromatic carbocycles. The Bertz CT molecular complexity index is 181. The van der Waals surface area contributed by atoms with Crippen molar-refractivity contribution in [1.82, 2.24) is 10.6 Å². The summed E-state index contributed by atoms with van der Waals surface area (Å²) in [4.78, 5) is 0. The van der Waals surface area contributed by atoms with E-state index in [9.17, 15) is 0 Å². The fourth-order valence-corrected chi connectivity index (χ4v) is 1.11. The van der Waals surface area contributed by atoms with E-state index in [0.717, 1.165) is 19.0 Å². The summed E-state index contributed by atoms with van der Waals surface area (Å²) in [6.07, 6.45) is 5.04. The number of hydrogen-bond donors (Lipinski definition) is 1. The van der Waals surface area contributed by atoms with Crippen LogP contribution in [0.1, 0.15) is 6.42 Å². The van der Waals surface area contributed by atoms with E-state index >= 15 is 0 Å². The van der Waals surface area contributed by atoms with Gasteiger partial charge in [-0.3, -0.25) is 5.32 Å². The second-order valence-corrected chi connectivity index (χ2v) is 2.22. The molecule has 1 radical (unpaired) electrons. The molecule has 0 aliphatic carbocycles. The SMILES string of the molecule is C1=C[N+]2=C([N]1)NCCC2. The van der Waals surface area contributed by atoms with Crippen molar-refractivity contribution < 1.29 is 4.58 Å². The second-order valence-electron chi connectivity index (χ2n) is 2.22. The van der Waals surface area contributed by atoms with Gasteiger partial charge in [-0.2, -0.15) is 0 Å². The molecular formula is C6H9N3+. The maximum Gasteiger partial charge on any atom is 0.391 e. The molecule has 0 saturated heterocycles. The molecule has 0 fully saturated rings. The lowest BCUT2D eigenvalue weighted by Gasteiger charge is -2.07. The van der Waals surface area contributed by atoms with Crippen molar-refractivity contribution in [3.63, 3.8) is 0 Å². The van der Waals surface area contributed by atoms with Crippen molar-refractivity contribution in [2.45, 2.75) is 6.42 Å². The maximum absolute atomic E-state index is 4.11. The van der Waals surface area contributed by atoms with E-state index in [0.29, 0.717) is 0 Å². The van der Waals surface area contributed by atoms with Crippen LogP contribution in [0.15, 0.2) is 12.4 Å². The van der Waals surface area contributed by atoms with Gasteiger partial charge in [0.25, 0.3) is 0 Å². The molecule has 2 heterocycles. The minimum atomic E-state index is 1.02. The molecule has 2 aliphatic heterocycles. The zero-order valence-electron chi connectivity index (χ0n) is 5.17. The van der Waals surface area contributed by atoms with Gasteiger partial charge < -0.3 is 0 Å². The molecule has 0 spiro atoms. The molecule has 0 unspecified atom stereocenters. The summed E-state index contributed by atoms with van der Waals surface area (Å²) < 4.78 is 2.13. The molecule has 47 valence electrons. The second kappa shape index (κ2) is 1.76. The standard InChI is InChI=1S/C6H8N3/c1-2-7-6-8-3-5-9(6)4-1/h3,5H,1-2,4H2/p+1. The minimum absolute atomic E-state index is 1.02. The summed E-state index contributed by atoms with van der Waals surface area (Å²) in [5.41, 5.74) is 0. The van der Waals surface area contributed by atoms with Gasteiger partial charge in [-0.25, -0.2) is 4.58 Å². The van der Waals surface area contributed by atoms with Gasteiger partial charge >= 0.3 is 5.96 Å². The van der Waals surface area contributed by atoms with Gasteiger partial charge in [0.2, 0.25) is 0 Å². The van der Waals surface area contributed by atoms with Crippen molar-refractivity contribution in [2.75, 3.05) is 13.1 Å². The van der Waals surface area contributed by atoms with Crippen LogP contribution in [0, 0.1) is 0 Å². The van der Waals surface area contributed by atoms with Crippen LogP contribution in [0.25, 0.3) is 0 Å². The molecule has 2 rings (SSSR count). The predicted molar refractivity (Wildman–Crippen MR) is 34.0 cm³/mol. The molecule has 0 amide bonds. The van der Waals surface area contributed by atoms with Crippen LogP contribution >= 0.6 is 0 Å². The van der Waals surface area contributed by atoms with Crippen molar-refractivity contribution in [3.05, 3.63) is 12.4 Å². The quantitative estimate of drug-likeness (QED) is 0.430. The van der Waals surface area contributed by atoms with E-state index in [1.165, 1.54) is 6.42 Å². The highest BCUT2D eigenvalue weighted by Crippen LogP contribution is 1.95. The lowest BCUT2D eigenvalue weighted by Crippen LogP contribution is -2.40. The molecule has 0 saturated carbocycles. The van der Waals surface area contributed by atoms with E-state index in [-0.39, 0.29) is 0 Å². The molecule has 2 aliphatic rings. The molecular weight excluding hydrogens is 114 g/mol. The normalized spacial score (nSPS) is 23.1. The van der Waals surface area contributed by atoms with Crippen molar-refractivity contribution in [3.8, 4) is 0 Å². The topological polar surface area (TPSA) is 29.1 Å². The van der Waals surface area contributed by atoms with E-state index in [2.05, 4.69) is 15.2 Å². The molecule has 3 nitrogen and oxygen atoms in total. The zero-order chi connectivity index (χ0) is 6.10. The molecule has 0 bridgehead atoms. The Morgan fingerprint density at radius 1 is 1.67 bits per heavy atom. The van der Waals surface area contributed by atoms with Crippen LogP contribution in [-0.2, 0) is 0 Å². The van der Waals surface area contributed by atoms with Crippen LogP contribution in [0.2, 0.25) is 0 Å². The van der Waals surface area contributed by atoms with Gasteiger partial charge in [0.1, 0.15) is 12.4 Å². The summed E-state index contributed by atoms with van der Waals surface area (Å²) >= 11 is 0. The third-order valence-corrected chi connectivity index (χ3v) is 1.57. The number of nitrogens with one attached hydrogen (secondary N) is 1. The Balaban J connectivity index is 2.24. The van der Waals surface area contributed by atoms with Crippen LogP contribution in [-0.4, -0.2) is 23.6 Å². The lowest BCUT2D eigenvalue weighted by molar-refractivity contribution is -0.461. The van der Waals surface area contributed by atoms with Crippen LogP contribution in [0.5, 0.6) is 0 Å². The predicted octanol–water partition coefficient (Wildman–Crippen LogP) is -0.563. The number of rotatable bonds is 0. The highest BCUT2D eigenvalue weighted by molar-refractivity contribution is 5.77. The lowest BCUT2D eigenvalue weighted by atomic mass is 10.4. The number of nitrogens with zero attached hydrogens (tertiary/aromatic N) is 2. The smallest absolute Gasteiger partial charge is 0.274 e. The summed E-state index contributed by atoms with van der Waals surface area (Å²) in [5, 5.41) is 7.30. The first kappa shape index (κ1) is 4.85. The first-order valence-electron chi connectivity index (χ1n) is 3.22. The van der Waals surface area contributed by atoms with Gasteiger partial charge in [-0.05, 0) is 0 Å². The van der Waals surface area contributed by atoms with Crippen molar-refractivity contribution in [1.29, 1.82) is 0 Å². The van der Waals surface area contributed by atoms with E-state index < -0.39 is 0 Å². The highest BCUT2D eigenvalue weighted by Gasteiger charge is 2.21. The number of guanidine groups is 1. The van der Waals surface area contributed by atoms with Gasteiger partial charge in [0.15, 0.2) is 0 Å². The van der Waals surface area contributed by atoms with Crippen LogP contribution in [0.4, 0.5) is 0 Å². The van der Waals surface area contributed by atoms with Gasteiger partial charge in [0, 0.05) is 6.42 Å². The highest BCUT2D eigenvalue weighted by atomic mass is 15.3. The van der Waals surface area contributed by atoms with E-state index in [1.807, 2.05) is 12.4 Å².